The molecule has 0 aliphatic carbocycles. The van der Waals surface area contributed by atoms with Crippen molar-refractivity contribution >= 4 is 5.91 Å². The topological polar surface area (TPSA) is 56.8 Å². The number of rotatable bonds is 9. The molecule has 0 spiro atoms. The molecule has 0 radical (unpaired) electrons. The summed E-state index contributed by atoms with van der Waals surface area (Å²) in [6.45, 7) is 6.10. The van der Waals surface area contributed by atoms with E-state index in [9.17, 15) is 4.79 Å². The lowest BCUT2D eigenvalue weighted by Gasteiger charge is -2.09. The lowest BCUT2D eigenvalue weighted by Crippen LogP contribution is -2.31. The minimum absolute atomic E-state index is 0.0145. The molecule has 1 amide bonds. The van der Waals surface area contributed by atoms with Gasteiger partial charge in [-0.1, -0.05) is 6.07 Å². The molecule has 0 bridgehead atoms. The summed E-state index contributed by atoms with van der Waals surface area (Å²) >= 11 is 0. The molecule has 0 unspecified atom stereocenters. The van der Waals surface area contributed by atoms with Crippen LogP contribution in [-0.4, -0.2) is 46.0 Å². The lowest BCUT2D eigenvalue weighted by atomic mass is 10.1. The molecule has 20 heavy (non-hydrogen) atoms. The van der Waals surface area contributed by atoms with Gasteiger partial charge in [0.2, 0.25) is 0 Å². The minimum atomic E-state index is -0.154. The molecule has 0 aromatic heterocycles. The number of nitrogens with one attached hydrogen (secondary N) is 1. The number of aryl methyl sites for hydroxylation is 2. The number of carbonyl (C=O) groups excluding carboxylic acids is 1. The van der Waals surface area contributed by atoms with Crippen LogP contribution in [0.5, 0.6) is 5.75 Å². The second-order valence-corrected chi connectivity index (χ2v) is 4.49. The summed E-state index contributed by atoms with van der Waals surface area (Å²) in [6, 6.07) is 5.77. The average Bonchev–Trinajstić information content (AvgIpc) is 2.44. The van der Waals surface area contributed by atoms with Gasteiger partial charge in [-0.3, -0.25) is 4.79 Å². The first-order valence-electron chi connectivity index (χ1n) is 6.67. The lowest BCUT2D eigenvalue weighted by molar-refractivity contribution is -0.123. The van der Waals surface area contributed by atoms with E-state index < -0.39 is 0 Å². The van der Waals surface area contributed by atoms with Crippen LogP contribution in [0.1, 0.15) is 11.1 Å². The third kappa shape index (κ3) is 6.54. The Labute approximate surface area is 120 Å². The van der Waals surface area contributed by atoms with Crippen molar-refractivity contribution in [3.8, 4) is 5.75 Å². The molecule has 5 nitrogen and oxygen atoms in total. The molecule has 0 aliphatic rings. The standard InChI is InChI=1S/C15H23NO4/c1-12-4-5-14(10-13(12)2)20-11-15(17)16-6-7-19-9-8-18-3/h4-5,10H,6-9,11H2,1-3H3,(H,16,17). The molecular weight excluding hydrogens is 258 g/mol. The average molecular weight is 281 g/mol. The second-order valence-electron chi connectivity index (χ2n) is 4.49. The van der Waals surface area contributed by atoms with Crippen molar-refractivity contribution in [2.75, 3.05) is 40.1 Å². The largest absolute Gasteiger partial charge is 0.484 e. The fourth-order valence-electron chi connectivity index (χ4n) is 1.51. The highest BCUT2D eigenvalue weighted by Gasteiger charge is 2.03. The Hall–Kier alpha value is -1.59. The first-order valence-corrected chi connectivity index (χ1v) is 6.67. The zero-order chi connectivity index (χ0) is 14.8. The summed E-state index contributed by atoms with van der Waals surface area (Å²) in [5, 5.41) is 2.73. The Morgan fingerprint density at radius 1 is 1.15 bits per heavy atom. The monoisotopic (exact) mass is 281 g/mol. The van der Waals surface area contributed by atoms with Crippen molar-refractivity contribution in [2.24, 2.45) is 0 Å². The Morgan fingerprint density at radius 2 is 1.95 bits per heavy atom. The van der Waals surface area contributed by atoms with Crippen LogP contribution in [0.25, 0.3) is 0 Å². The molecule has 0 saturated carbocycles. The summed E-state index contributed by atoms with van der Waals surface area (Å²) in [4.78, 5) is 11.5. The molecule has 0 heterocycles. The van der Waals surface area contributed by atoms with E-state index in [0.717, 1.165) is 5.56 Å². The summed E-state index contributed by atoms with van der Waals surface area (Å²) in [7, 11) is 1.62. The first kappa shape index (κ1) is 16.5. The Kier molecular flexibility index (Phi) is 7.69. The smallest absolute Gasteiger partial charge is 0.258 e. The zero-order valence-corrected chi connectivity index (χ0v) is 12.4. The van der Waals surface area contributed by atoms with Crippen molar-refractivity contribution in [1.29, 1.82) is 0 Å². The molecule has 1 N–H and O–H groups in total. The van der Waals surface area contributed by atoms with E-state index in [2.05, 4.69) is 5.32 Å². The highest BCUT2D eigenvalue weighted by Crippen LogP contribution is 2.16. The molecule has 0 saturated heterocycles. The number of methoxy groups -OCH3 is 1. The second kappa shape index (κ2) is 9.34. The normalized spacial score (nSPS) is 10.3. The van der Waals surface area contributed by atoms with E-state index in [0.29, 0.717) is 32.1 Å². The molecule has 5 heteroatoms. The molecule has 0 aliphatic heterocycles. The highest BCUT2D eigenvalue weighted by atomic mass is 16.5. The van der Waals surface area contributed by atoms with Gasteiger partial charge in [-0.05, 0) is 37.1 Å². The third-order valence-corrected chi connectivity index (χ3v) is 2.85. The third-order valence-electron chi connectivity index (χ3n) is 2.85. The maximum Gasteiger partial charge on any atom is 0.258 e. The molecule has 1 rings (SSSR count). The van der Waals surface area contributed by atoms with E-state index in [1.54, 1.807) is 7.11 Å². The summed E-state index contributed by atoms with van der Waals surface area (Å²) in [5.41, 5.74) is 2.35. The number of benzene rings is 1. The van der Waals surface area contributed by atoms with Gasteiger partial charge in [-0.15, -0.1) is 0 Å². The van der Waals surface area contributed by atoms with Crippen LogP contribution < -0.4 is 10.1 Å². The van der Waals surface area contributed by atoms with Crippen molar-refractivity contribution < 1.29 is 19.0 Å². The van der Waals surface area contributed by atoms with Crippen molar-refractivity contribution in [1.82, 2.24) is 5.32 Å². The van der Waals surface area contributed by atoms with Gasteiger partial charge in [-0.25, -0.2) is 0 Å². The van der Waals surface area contributed by atoms with Crippen molar-refractivity contribution in [3.05, 3.63) is 29.3 Å². The van der Waals surface area contributed by atoms with E-state index >= 15 is 0 Å². The van der Waals surface area contributed by atoms with E-state index in [1.165, 1.54) is 5.56 Å². The van der Waals surface area contributed by atoms with E-state index in [1.807, 2.05) is 32.0 Å². The fraction of sp³-hybridized carbons (Fsp3) is 0.533. The van der Waals surface area contributed by atoms with Gasteiger partial charge in [0, 0.05) is 13.7 Å². The van der Waals surface area contributed by atoms with Crippen LogP contribution in [0.15, 0.2) is 18.2 Å². The quantitative estimate of drug-likeness (QED) is 0.696. The Balaban J connectivity index is 2.15. The highest BCUT2D eigenvalue weighted by molar-refractivity contribution is 5.77. The van der Waals surface area contributed by atoms with Crippen LogP contribution >= 0.6 is 0 Å². The maximum atomic E-state index is 11.5. The van der Waals surface area contributed by atoms with Crippen molar-refractivity contribution in [3.63, 3.8) is 0 Å². The minimum Gasteiger partial charge on any atom is -0.484 e. The van der Waals surface area contributed by atoms with Crippen LogP contribution in [0, 0.1) is 13.8 Å². The van der Waals surface area contributed by atoms with Gasteiger partial charge in [0.1, 0.15) is 5.75 Å². The predicted octanol–water partition coefficient (Wildman–Crippen LogP) is 1.46. The van der Waals surface area contributed by atoms with Gasteiger partial charge < -0.3 is 19.5 Å². The van der Waals surface area contributed by atoms with Crippen LogP contribution in [0.2, 0.25) is 0 Å². The van der Waals surface area contributed by atoms with E-state index in [4.69, 9.17) is 14.2 Å². The maximum absolute atomic E-state index is 11.5. The van der Waals surface area contributed by atoms with Crippen LogP contribution in [-0.2, 0) is 14.3 Å². The molecular formula is C15H23NO4. The molecule has 0 atom stereocenters. The van der Waals surface area contributed by atoms with Crippen molar-refractivity contribution in [2.45, 2.75) is 13.8 Å². The molecule has 1 aromatic rings. The van der Waals surface area contributed by atoms with Crippen LogP contribution in [0.4, 0.5) is 0 Å². The van der Waals surface area contributed by atoms with Crippen LogP contribution in [0.3, 0.4) is 0 Å². The van der Waals surface area contributed by atoms with E-state index in [-0.39, 0.29) is 12.5 Å². The molecule has 1 aromatic carbocycles. The summed E-state index contributed by atoms with van der Waals surface area (Å²) in [6.07, 6.45) is 0. The SMILES string of the molecule is COCCOCCNC(=O)COc1ccc(C)c(C)c1. The Morgan fingerprint density at radius 3 is 2.65 bits per heavy atom. The first-order chi connectivity index (χ1) is 9.63. The Bertz CT molecular complexity index is 420. The molecule has 0 fully saturated rings. The van der Waals surface area contributed by atoms with Gasteiger partial charge in [0.15, 0.2) is 6.61 Å². The summed E-state index contributed by atoms with van der Waals surface area (Å²) in [5.74, 6) is 0.554. The van der Waals surface area contributed by atoms with Gasteiger partial charge in [0.25, 0.3) is 5.91 Å². The number of amides is 1. The number of ether oxygens (including phenoxy) is 3. The van der Waals surface area contributed by atoms with Gasteiger partial charge >= 0.3 is 0 Å². The summed E-state index contributed by atoms with van der Waals surface area (Å²) < 4.78 is 15.5. The zero-order valence-electron chi connectivity index (χ0n) is 12.4. The number of carbonyl (C=O) groups is 1. The van der Waals surface area contributed by atoms with Gasteiger partial charge in [0.05, 0.1) is 19.8 Å². The van der Waals surface area contributed by atoms with Gasteiger partial charge in [-0.2, -0.15) is 0 Å². The number of hydrogen-bond acceptors (Lipinski definition) is 4. The predicted molar refractivity (Wildman–Crippen MR) is 77.1 cm³/mol. The molecule has 112 valence electrons. The number of hydrogen-bond donors (Lipinski definition) is 1. The fourth-order valence-corrected chi connectivity index (χ4v) is 1.51.